The maximum Gasteiger partial charge on any atom is 0.341 e. The summed E-state index contributed by atoms with van der Waals surface area (Å²) >= 11 is 0. The summed E-state index contributed by atoms with van der Waals surface area (Å²) in [4.78, 5) is 38.2. The molecule has 0 saturated carbocycles. The van der Waals surface area contributed by atoms with E-state index in [0.29, 0.717) is 5.69 Å². The average Bonchev–Trinajstić information content (AvgIpc) is 2.70. The van der Waals surface area contributed by atoms with Crippen molar-refractivity contribution in [2.45, 2.75) is 12.6 Å². The van der Waals surface area contributed by atoms with Crippen molar-refractivity contribution >= 4 is 23.5 Å². The number of carbonyl (C=O) groups is 3. The van der Waals surface area contributed by atoms with E-state index in [2.05, 4.69) is 0 Å². The van der Waals surface area contributed by atoms with Gasteiger partial charge in [-0.3, -0.25) is 9.69 Å². The third-order valence-corrected chi connectivity index (χ3v) is 3.61. The van der Waals surface area contributed by atoms with Gasteiger partial charge in [0.05, 0.1) is 13.7 Å². The first-order chi connectivity index (χ1) is 12.6. The van der Waals surface area contributed by atoms with Gasteiger partial charge in [0.25, 0.3) is 0 Å². The number of amides is 1. The predicted molar refractivity (Wildman–Crippen MR) is 95.0 cm³/mol. The molecular weight excluding hydrogens is 336 g/mol. The molecule has 0 aliphatic rings. The number of anilines is 1. The lowest BCUT2D eigenvalue weighted by atomic mass is 10.2. The van der Waals surface area contributed by atoms with Crippen molar-refractivity contribution in [2.75, 3.05) is 18.6 Å². The fourth-order valence-corrected chi connectivity index (χ4v) is 2.35. The molecule has 0 radical (unpaired) electrons. The van der Waals surface area contributed by atoms with Crippen LogP contribution in [-0.4, -0.2) is 37.5 Å². The van der Waals surface area contributed by atoms with E-state index in [1.54, 1.807) is 54.6 Å². The van der Waals surface area contributed by atoms with Gasteiger partial charge in [0.1, 0.15) is 6.61 Å². The summed E-state index contributed by atoms with van der Waals surface area (Å²) in [5.41, 5.74) is 6.55. The maximum atomic E-state index is 12.6. The number of carbonyl (C=O) groups excluding carboxylic acids is 3. The van der Waals surface area contributed by atoms with Crippen LogP contribution in [0.3, 0.4) is 0 Å². The van der Waals surface area contributed by atoms with Crippen LogP contribution in [-0.2, 0) is 30.5 Å². The van der Waals surface area contributed by atoms with Gasteiger partial charge in [0.2, 0.25) is 11.9 Å². The van der Waals surface area contributed by atoms with E-state index in [4.69, 9.17) is 15.2 Å². The van der Waals surface area contributed by atoms with Gasteiger partial charge in [-0.05, 0) is 17.7 Å². The first-order valence-corrected chi connectivity index (χ1v) is 7.94. The van der Waals surface area contributed by atoms with Crippen molar-refractivity contribution in [2.24, 2.45) is 5.73 Å². The molecule has 136 valence electrons. The molecule has 2 aromatic rings. The van der Waals surface area contributed by atoms with E-state index < -0.39 is 23.9 Å². The third-order valence-electron chi connectivity index (χ3n) is 3.61. The molecular formula is C19H20N2O5. The van der Waals surface area contributed by atoms with Crippen molar-refractivity contribution in [3.63, 3.8) is 0 Å². The van der Waals surface area contributed by atoms with Gasteiger partial charge >= 0.3 is 11.9 Å². The molecule has 0 aliphatic heterocycles. The lowest BCUT2D eigenvalue weighted by Gasteiger charge is -2.28. The van der Waals surface area contributed by atoms with E-state index >= 15 is 0 Å². The first-order valence-electron chi connectivity index (χ1n) is 7.94. The van der Waals surface area contributed by atoms with Gasteiger partial charge < -0.3 is 15.2 Å². The molecule has 26 heavy (non-hydrogen) atoms. The standard InChI is InChI=1S/C19H20N2O5/c1-25-18(23)17(19(24)26-13-14-8-4-2-5-9-14)21(16(22)12-20)15-10-6-3-7-11-15/h2-11,17H,12-13,20H2,1H3/t17-/m0/s1. The number of nitrogens with two attached hydrogens (primary N) is 1. The summed E-state index contributed by atoms with van der Waals surface area (Å²) < 4.78 is 9.94. The van der Waals surface area contributed by atoms with Gasteiger partial charge in [-0.2, -0.15) is 0 Å². The maximum absolute atomic E-state index is 12.6. The number of benzene rings is 2. The highest BCUT2D eigenvalue weighted by Crippen LogP contribution is 2.19. The average molecular weight is 356 g/mol. The Bertz CT molecular complexity index is 749. The highest BCUT2D eigenvalue weighted by atomic mass is 16.6. The molecule has 1 atom stereocenters. The van der Waals surface area contributed by atoms with Crippen molar-refractivity contribution in [1.82, 2.24) is 0 Å². The molecule has 7 nitrogen and oxygen atoms in total. The first kappa shape index (κ1) is 19.1. The number of hydrogen-bond donors (Lipinski definition) is 1. The Kier molecular flexibility index (Phi) is 6.87. The molecule has 0 unspecified atom stereocenters. The Balaban J connectivity index is 2.29. The van der Waals surface area contributed by atoms with E-state index in [1.165, 1.54) is 0 Å². The molecule has 2 N–H and O–H groups in total. The van der Waals surface area contributed by atoms with Gasteiger partial charge in [-0.15, -0.1) is 0 Å². The molecule has 1 amide bonds. The lowest BCUT2D eigenvalue weighted by Crippen LogP contribution is -2.53. The van der Waals surface area contributed by atoms with Crippen LogP contribution in [0, 0.1) is 0 Å². The van der Waals surface area contributed by atoms with E-state index in [-0.39, 0.29) is 13.2 Å². The minimum atomic E-state index is -1.58. The summed E-state index contributed by atoms with van der Waals surface area (Å²) in [7, 11) is 1.13. The van der Waals surface area contributed by atoms with Crippen molar-refractivity contribution in [3.05, 3.63) is 66.2 Å². The topological polar surface area (TPSA) is 98.9 Å². The van der Waals surface area contributed by atoms with Gasteiger partial charge in [0, 0.05) is 5.69 Å². The van der Waals surface area contributed by atoms with E-state index in [9.17, 15) is 14.4 Å². The fourth-order valence-electron chi connectivity index (χ4n) is 2.35. The molecule has 2 rings (SSSR count). The molecule has 7 heteroatoms. The summed E-state index contributed by atoms with van der Waals surface area (Å²) in [6.45, 7) is -0.416. The fraction of sp³-hybridized carbons (Fsp3) is 0.211. The van der Waals surface area contributed by atoms with Gasteiger partial charge in [0.15, 0.2) is 0 Å². The number of methoxy groups -OCH3 is 1. The van der Waals surface area contributed by atoms with Crippen LogP contribution in [0.15, 0.2) is 60.7 Å². The molecule has 0 fully saturated rings. The number of rotatable bonds is 7. The van der Waals surface area contributed by atoms with E-state index in [1.807, 2.05) is 6.07 Å². The number of para-hydroxylation sites is 1. The Morgan fingerprint density at radius 2 is 1.54 bits per heavy atom. The molecule has 0 heterocycles. The third kappa shape index (κ3) is 4.67. The van der Waals surface area contributed by atoms with Crippen molar-refractivity contribution in [1.29, 1.82) is 0 Å². The molecule has 0 saturated heterocycles. The number of nitrogens with zero attached hydrogens (tertiary/aromatic N) is 1. The zero-order valence-corrected chi connectivity index (χ0v) is 14.3. The predicted octanol–water partition coefficient (Wildman–Crippen LogP) is 1.26. The van der Waals surface area contributed by atoms with Gasteiger partial charge in [-0.25, -0.2) is 9.59 Å². The second-order valence-corrected chi connectivity index (χ2v) is 5.32. The number of ether oxygens (including phenoxy) is 2. The smallest absolute Gasteiger partial charge is 0.341 e. The molecule has 0 aliphatic carbocycles. The SMILES string of the molecule is COC(=O)[C@@H](C(=O)OCc1ccccc1)N(C(=O)CN)c1ccccc1. The van der Waals surface area contributed by atoms with Crippen LogP contribution in [0.4, 0.5) is 5.69 Å². The Hall–Kier alpha value is -3.19. The monoisotopic (exact) mass is 356 g/mol. The van der Waals surface area contributed by atoms with Crippen molar-refractivity contribution in [3.8, 4) is 0 Å². The van der Waals surface area contributed by atoms with Crippen LogP contribution >= 0.6 is 0 Å². The Labute approximate surface area is 151 Å². The largest absolute Gasteiger partial charge is 0.467 e. The van der Waals surface area contributed by atoms with Crippen LogP contribution in [0.5, 0.6) is 0 Å². The zero-order chi connectivity index (χ0) is 18.9. The zero-order valence-electron chi connectivity index (χ0n) is 14.3. The summed E-state index contributed by atoms with van der Waals surface area (Å²) in [5.74, 6) is -2.41. The number of esters is 2. The summed E-state index contributed by atoms with van der Waals surface area (Å²) in [6, 6.07) is 15.7. The van der Waals surface area contributed by atoms with Crippen LogP contribution in [0.2, 0.25) is 0 Å². The van der Waals surface area contributed by atoms with E-state index in [0.717, 1.165) is 17.6 Å². The van der Waals surface area contributed by atoms with Gasteiger partial charge in [-0.1, -0.05) is 48.5 Å². The molecule has 0 aromatic heterocycles. The minimum Gasteiger partial charge on any atom is -0.467 e. The summed E-state index contributed by atoms with van der Waals surface area (Å²) in [5, 5.41) is 0. The second-order valence-electron chi connectivity index (χ2n) is 5.32. The van der Waals surface area contributed by atoms with Crippen LogP contribution in [0.25, 0.3) is 0 Å². The highest BCUT2D eigenvalue weighted by Gasteiger charge is 2.39. The summed E-state index contributed by atoms with van der Waals surface area (Å²) in [6.07, 6.45) is 0. The normalized spacial score (nSPS) is 11.3. The molecule has 0 bridgehead atoms. The number of hydrogen-bond acceptors (Lipinski definition) is 6. The Morgan fingerprint density at radius 1 is 0.962 bits per heavy atom. The minimum absolute atomic E-state index is 0.0351. The van der Waals surface area contributed by atoms with Crippen LogP contribution in [0.1, 0.15) is 5.56 Å². The van der Waals surface area contributed by atoms with Crippen LogP contribution < -0.4 is 10.6 Å². The second kappa shape index (κ2) is 9.33. The lowest BCUT2D eigenvalue weighted by molar-refractivity contribution is -0.157. The van der Waals surface area contributed by atoms with Crippen molar-refractivity contribution < 1.29 is 23.9 Å². The Morgan fingerprint density at radius 3 is 2.08 bits per heavy atom. The highest BCUT2D eigenvalue weighted by molar-refractivity contribution is 6.11. The quantitative estimate of drug-likeness (QED) is 0.592. The molecule has 0 spiro atoms. The molecule has 2 aromatic carbocycles.